The third kappa shape index (κ3) is 2.88. The zero-order valence-electron chi connectivity index (χ0n) is 10.6. The lowest BCUT2D eigenvalue weighted by Gasteiger charge is -2.19. The number of halogens is 3. The fraction of sp³-hybridized carbons (Fsp3) is 0.143. The zero-order chi connectivity index (χ0) is 14.7. The molecule has 0 saturated carbocycles. The van der Waals surface area contributed by atoms with Gasteiger partial charge in [0.05, 0.1) is 11.6 Å². The number of nitriles is 1. The molecule has 102 valence electrons. The summed E-state index contributed by atoms with van der Waals surface area (Å²) in [6.45, 7) is 0.213. The Bertz CT molecular complexity index is 680. The summed E-state index contributed by atoms with van der Waals surface area (Å²) in [4.78, 5) is 4.60. The maximum Gasteiger partial charge on any atom is 0.251 e. The van der Waals surface area contributed by atoms with E-state index in [0.29, 0.717) is 11.6 Å². The largest absolute Gasteiger partial charge is 0.353 e. The summed E-state index contributed by atoms with van der Waals surface area (Å²) in [7, 11) is 1.50. The quantitative estimate of drug-likeness (QED) is 0.810. The van der Waals surface area contributed by atoms with Crippen LogP contribution >= 0.6 is 0 Å². The number of rotatable bonds is 3. The normalized spacial score (nSPS) is 10.2. The van der Waals surface area contributed by atoms with Crippen LogP contribution in [0.25, 0.3) is 0 Å². The Balaban J connectivity index is 2.26. The van der Waals surface area contributed by atoms with Crippen molar-refractivity contribution < 1.29 is 13.2 Å². The van der Waals surface area contributed by atoms with E-state index in [1.165, 1.54) is 11.9 Å². The van der Waals surface area contributed by atoms with Gasteiger partial charge in [-0.3, -0.25) is 0 Å². The molecule has 1 aromatic heterocycles. The Morgan fingerprint density at radius 2 is 1.95 bits per heavy atom. The van der Waals surface area contributed by atoms with E-state index < -0.39 is 17.6 Å². The van der Waals surface area contributed by atoms with Crippen LogP contribution in [0.5, 0.6) is 0 Å². The first-order valence-corrected chi connectivity index (χ1v) is 5.73. The number of aromatic nitrogens is 1. The fourth-order valence-corrected chi connectivity index (χ4v) is 1.79. The minimum atomic E-state index is -1.35. The number of hydrogen-bond acceptors (Lipinski definition) is 3. The maximum absolute atomic E-state index is 13.6. The third-order valence-corrected chi connectivity index (χ3v) is 2.71. The molecule has 1 heterocycles. The molecule has 0 aliphatic rings. The monoisotopic (exact) mass is 277 g/mol. The summed E-state index contributed by atoms with van der Waals surface area (Å²) < 4.78 is 39.4. The van der Waals surface area contributed by atoms with Gasteiger partial charge < -0.3 is 4.90 Å². The minimum absolute atomic E-state index is 0.213. The molecule has 2 aromatic rings. The molecule has 0 bridgehead atoms. The second kappa shape index (κ2) is 5.61. The molecule has 6 heteroatoms. The first-order valence-electron chi connectivity index (χ1n) is 5.73. The fourth-order valence-electron chi connectivity index (χ4n) is 1.79. The van der Waals surface area contributed by atoms with E-state index in [-0.39, 0.29) is 12.4 Å². The van der Waals surface area contributed by atoms with E-state index in [1.54, 1.807) is 24.3 Å². The van der Waals surface area contributed by atoms with Gasteiger partial charge in [-0.05, 0) is 17.7 Å². The number of pyridine rings is 1. The van der Waals surface area contributed by atoms with Gasteiger partial charge in [0.25, 0.3) is 5.95 Å². The van der Waals surface area contributed by atoms with Crippen molar-refractivity contribution in [2.24, 2.45) is 0 Å². The molecule has 0 atom stereocenters. The number of anilines is 1. The molecule has 0 fully saturated rings. The molecule has 3 nitrogen and oxygen atoms in total. The predicted molar refractivity (Wildman–Crippen MR) is 67.4 cm³/mol. The second-order valence-electron chi connectivity index (χ2n) is 4.23. The molecule has 2 rings (SSSR count). The Hall–Kier alpha value is -2.55. The van der Waals surface area contributed by atoms with E-state index in [1.807, 2.05) is 6.07 Å². The molecule has 0 N–H and O–H groups in total. The van der Waals surface area contributed by atoms with E-state index in [2.05, 4.69) is 4.98 Å². The summed E-state index contributed by atoms with van der Waals surface area (Å²) in [5, 5.41) is 8.80. The third-order valence-electron chi connectivity index (χ3n) is 2.71. The molecule has 1 aromatic carbocycles. The van der Waals surface area contributed by atoms with Gasteiger partial charge in [0.15, 0.2) is 17.5 Å². The molecule has 0 amide bonds. The van der Waals surface area contributed by atoms with E-state index >= 15 is 0 Å². The van der Waals surface area contributed by atoms with Crippen LogP contribution in [0.2, 0.25) is 0 Å². The van der Waals surface area contributed by atoms with Crippen molar-refractivity contribution in [2.75, 3.05) is 11.9 Å². The van der Waals surface area contributed by atoms with Crippen LogP contribution in [0.3, 0.4) is 0 Å². The van der Waals surface area contributed by atoms with Crippen LogP contribution in [-0.4, -0.2) is 12.0 Å². The Morgan fingerprint density at radius 1 is 1.20 bits per heavy atom. The summed E-state index contributed by atoms with van der Waals surface area (Å²) in [5.41, 5.74) is 1.20. The Morgan fingerprint density at radius 3 is 2.65 bits per heavy atom. The highest BCUT2D eigenvalue weighted by molar-refractivity contribution is 5.41. The number of hydrogen-bond donors (Lipinski definition) is 0. The van der Waals surface area contributed by atoms with E-state index in [4.69, 9.17) is 5.26 Å². The zero-order valence-corrected chi connectivity index (χ0v) is 10.6. The van der Waals surface area contributed by atoms with Crippen molar-refractivity contribution in [3.05, 3.63) is 59.0 Å². The highest BCUT2D eigenvalue weighted by atomic mass is 19.2. The van der Waals surface area contributed by atoms with Crippen LogP contribution in [0.1, 0.15) is 11.1 Å². The first kappa shape index (κ1) is 13.9. The van der Waals surface area contributed by atoms with Gasteiger partial charge in [-0.1, -0.05) is 12.1 Å². The molecule has 20 heavy (non-hydrogen) atoms. The average molecular weight is 277 g/mol. The molecule has 0 spiro atoms. The van der Waals surface area contributed by atoms with E-state index in [0.717, 1.165) is 5.56 Å². The lowest BCUT2D eigenvalue weighted by molar-refractivity contribution is 0.463. The summed E-state index contributed by atoms with van der Waals surface area (Å²) in [6, 6.07) is 9.16. The van der Waals surface area contributed by atoms with Gasteiger partial charge in [-0.25, -0.2) is 8.78 Å². The highest BCUT2D eigenvalue weighted by Crippen LogP contribution is 2.19. The van der Waals surface area contributed by atoms with Crippen LogP contribution in [0.4, 0.5) is 19.0 Å². The van der Waals surface area contributed by atoms with Gasteiger partial charge in [0, 0.05) is 19.7 Å². The van der Waals surface area contributed by atoms with Gasteiger partial charge in [0.1, 0.15) is 0 Å². The topological polar surface area (TPSA) is 39.9 Å². The van der Waals surface area contributed by atoms with Gasteiger partial charge in [-0.15, -0.1) is 0 Å². The summed E-state index contributed by atoms with van der Waals surface area (Å²) in [6.07, 6.45) is 0. The van der Waals surface area contributed by atoms with Crippen molar-refractivity contribution in [1.82, 2.24) is 4.98 Å². The van der Waals surface area contributed by atoms with Crippen LogP contribution < -0.4 is 4.90 Å². The average Bonchev–Trinajstić information content (AvgIpc) is 2.43. The van der Waals surface area contributed by atoms with Gasteiger partial charge in [-0.2, -0.15) is 14.6 Å². The van der Waals surface area contributed by atoms with Crippen molar-refractivity contribution in [2.45, 2.75) is 6.54 Å². The number of nitrogens with zero attached hydrogens (tertiary/aromatic N) is 3. The van der Waals surface area contributed by atoms with Crippen LogP contribution in [0.15, 0.2) is 30.3 Å². The van der Waals surface area contributed by atoms with Crippen LogP contribution in [-0.2, 0) is 6.54 Å². The molecular formula is C14H10F3N3. The van der Waals surface area contributed by atoms with Crippen molar-refractivity contribution in [1.29, 1.82) is 5.26 Å². The highest BCUT2D eigenvalue weighted by Gasteiger charge is 2.15. The number of benzene rings is 1. The molecular weight excluding hydrogens is 267 g/mol. The lowest BCUT2D eigenvalue weighted by atomic mass is 10.1. The van der Waals surface area contributed by atoms with Gasteiger partial charge in [0.2, 0.25) is 0 Å². The van der Waals surface area contributed by atoms with Crippen molar-refractivity contribution >= 4 is 5.82 Å². The summed E-state index contributed by atoms with van der Waals surface area (Å²) in [5.74, 6) is -3.90. The molecule has 0 saturated heterocycles. The Labute approximate surface area is 113 Å². The predicted octanol–water partition coefficient (Wildman–Crippen LogP) is 3.01. The first-order chi connectivity index (χ1) is 9.51. The molecule has 0 aliphatic carbocycles. The summed E-state index contributed by atoms with van der Waals surface area (Å²) >= 11 is 0. The maximum atomic E-state index is 13.6. The second-order valence-corrected chi connectivity index (χ2v) is 4.23. The smallest absolute Gasteiger partial charge is 0.251 e. The molecule has 0 unspecified atom stereocenters. The lowest BCUT2D eigenvalue weighted by Crippen LogP contribution is -2.20. The Kier molecular flexibility index (Phi) is 3.89. The SMILES string of the molecule is CN(Cc1cccc(C#N)c1)c1nc(F)c(F)cc1F. The van der Waals surface area contributed by atoms with E-state index in [9.17, 15) is 13.2 Å². The minimum Gasteiger partial charge on any atom is -0.353 e. The molecule has 0 aliphatic heterocycles. The van der Waals surface area contributed by atoms with Crippen molar-refractivity contribution in [3.8, 4) is 6.07 Å². The molecule has 0 radical (unpaired) electrons. The van der Waals surface area contributed by atoms with Crippen LogP contribution in [0, 0.1) is 28.9 Å². The standard InChI is InChI=1S/C14H10F3N3/c1-20(8-10-4-2-3-9(5-10)7-18)14-12(16)6-11(15)13(17)19-14/h2-6H,8H2,1H3. The van der Waals surface area contributed by atoms with Crippen molar-refractivity contribution in [3.63, 3.8) is 0 Å². The van der Waals surface area contributed by atoms with Gasteiger partial charge >= 0.3 is 0 Å².